The highest BCUT2D eigenvalue weighted by atomic mass is 32.2. The highest BCUT2D eigenvalue weighted by Gasteiger charge is 2.37. The van der Waals surface area contributed by atoms with Gasteiger partial charge in [0.1, 0.15) is 5.03 Å². The van der Waals surface area contributed by atoms with Crippen molar-refractivity contribution in [1.82, 2.24) is 13.6 Å². The van der Waals surface area contributed by atoms with Crippen molar-refractivity contribution in [2.75, 3.05) is 25.4 Å². The van der Waals surface area contributed by atoms with E-state index in [1.54, 1.807) is 0 Å². The number of aromatic nitrogens is 2. The van der Waals surface area contributed by atoms with Gasteiger partial charge in [0.15, 0.2) is 0 Å². The van der Waals surface area contributed by atoms with Crippen molar-refractivity contribution >= 4 is 23.5 Å². The van der Waals surface area contributed by atoms with Crippen LogP contribution in [0.2, 0.25) is 0 Å². The minimum atomic E-state index is 0.662. The van der Waals surface area contributed by atoms with Crippen molar-refractivity contribution in [1.29, 1.82) is 0 Å². The normalized spacial score (nSPS) is 33.2. The van der Waals surface area contributed by atoms with Gasteiger partial charge in [0.05, 0.1) is 17.4 Å². The van der Waals surface area contributed by atoms with Crippen molar-refractivity contribution in [3.63, 3.8) is 0 Å². The Morgan fingerprint density at radius 1 is 1.38 bits per heavy atom. The molecule has 2 bridgehead atoms. The molecule has 4 heterocycles. The maximum absolute atomic E-state index is 4.56. The molecule has 1 aromatic rings. The fourth-order valence-electron chi connectivity index (χ4n) is 2.93. The SMILES string of the molecule is CCSc1nsnc1C1CN2CCC1CC2. The molecule has 0 saturated carbocycles. The summed E-state index contributed by atoms with van der Waals surface area (Å²) in [5, 5.41) is 1.20. The maximum atomic E-state index is 4.56. The molecule has 3 aliphatic heterocycles. The Labute approximate surface area is 105 Å². The van der Waals surface area contributed by atoms with Crippen molar-refractivity contribution in [3.05, 3.63) is 5.69 Å². The first-order valence-corrected chi connectivity index (χ1v) is 7.77. The Kier molecular flexibility index (Phi) is 3.18. The average Bonchev–Trinajstić information content (AvgIpc) is 2.79. The minimum absolute atomic E-state index is 0.662. The van der Waals surface area contributed by atoms with Gasteiger partial charge in [0.2, 0.25) is 0 Å². The quantitative estimate of drug-likeness (QED) is 0.776. The van der Waals surface area contributed by atoms with E-state index in [4.69, 9.17) is 0 Å². The van der Waals surface area contributed by atoms with Crippen LogP contribution in [-0.4, -0.2) is 39.0 Å². The monoisotopic (exact) mass is 255 g/mol. The number of nitrogens with zero attached hydrogens (tertiary/aromatic N) is 3. The number of hydrogen-bond acceptors (Lipinski definition) is 5. The Morgan fingerprint density at radius 3 is 2.81 bits per heavy atom. The third kappa shape index (κ3) is 1.89. The molecular weight excluding hydrogens is 238 g/mol. The summed E-state index contributed by atoms with van der Waals surface area (Å²) in [6, 6.07) is 0. The van der Waals surface area contributed by atoms with E-state index in [0.717, 1.165) is 11.7 Å². The van der Waals surface area contributed by atoms with E-state index in [-0.39, 0.29) is 0 Å². The van der Waals surface area contributed by atoms with Crippen molar-refractivity contribution in [3.8, 4) is 0 Å². The van der Waals surface area contributed by atoms with Crippen molar-refractivity contribution in [2.24, 2.45) is 5.92 Å². The third-order valence-corrected chi connectivity index (χ3v) is 5.29. The standard InChI is InChI=1S/C11H17N3S2/c1-2-15-11-10(12-16-13-11)9-7-14-5-3-8(9)4-6-14/h8-9H,2-7H2,1H3. The lowest BCUT2D eigenvalue weighted by Crippen LogP contribution is -2.46. The zero-order chi connectivity index (χ0) is 11.0. The van der Waals surface area contributed by atoms with Crippen LogP contribution in [0.25, 0.3) is 0 Å². The molecule has 0 amide bonds. The number of thioether (sulfide) groups is 1. The van der Waals surface area contributed by atoms with Gasteiger partial charge >= 0.3 is 0 Å². The van der Waals surface area contributed by atoms with Crippen molar-refractivity contribution in [2.45, 2.75) is 30.7 Å². The highest BCUT2D eigenvalue weighted by molar-refractivity contribution is 7.99. The van der Waals surface area contributed by atoms with Gasteiger partial charge in [-0.2, -0.15) is 8.75 Å². The molecule has 4 rings (SSSR count). The molecular formula is C11H17N3S2. The third-order valence-electron chi connectivity index (χ3n) is 3.77. The lowest BCUT2D eigenvalue weighted by molar-refractivity contribution is 0.0846. The van der Waals surface area contributed by atoms with Crippen LogP contribution in [0.15, 0.2) is 5.03 Å². The van der Waals surface area contributed by atoms with Gasteiger partial charge in [0, 0.05) is 12.5 Å². The van der Waals surface area contributed by atoms with Gasteiger partial charge < -0.3 is 4.90 Å². The van der Waals surface area contributed by atoms with E-state index >= 15 is 0 Å². The Balaban J connectivity index is 1.83. The molecule has 5 heteroatoms. The van der Waals surface area contributed by atoms with Gasteiger partial charge in [-0.1, -0.05) is 6.92 Å². The van der Waals surface area contributed by atoms with Crippen LogP contribution in [0.1, 0.15) is 31.4 Å². The predicted octanol–water partition coefficient (Wildman–Crippen LogP) is 2.46. The van der Waals surface area contributed by atoms with E-state index < -0.39 is 0 Å². The number of piperidine rings is 3. The molecule has 3 nitrogen and oxygen atoms in total. The molecule has 0 spiro atoms. The fourth-order valence-corrected chi connectivity index (χ4v) is 4.43. The summed E-state index contributed by atoms with van der Waals surface area (Å²) in [5.41, 5.74) is 1.30. The second-order valence-corrected chi connectivity index (χ2v) is 6.41. The summed E-state index contributed by atoms with van der Waals surface area (Å²) >= 11 is 3.24. The van der Waals surface area contributed by atoms with Crippen LogP contribution in [0, 0.1) is 5.92 Å². The topological polar surface area (TPSA) is 29.0 Å². The van der Waals surface area contributed by atoms with Crippen LogP contribution >= 0.6 is 23.5 Å². The van der Waals surface area contributed by atoms with Gasteiger partial charge in [-0.05, 0) is 37.6 Å². The first kappa shape index (κ1) is 11.0. The van der Waals surface area contributed by atoms with Gasteiger partial charge in [-0.15, -0.1) is 11.8 Å². The maximum Gasteiger partial charge on any atom is 0.134 e. The second-order valence-electron chi connectivity index (χ2n) is 4.63. The molecule has 3 fully saturated rings. The summed E-state index contributed by atoms with van der Waals surface area (Å²) in [7, 11) is 0. The number of rotatable bonds is 3. The van der Waals surface area contributed by atoms with E-state index in [2.05, 4.69) is 20.6 Å². The average molecular weight is 255 g/mol. The highest BCUT2D eigenvalue weighted by Crippen LogP contribution is 2.41. The molecule has 0 N–H and O–H groups in total. The van der Waals surface area contributed by atoms with Gasteiger partial charge in [0.25, 0.3) is 0 Å². The molecule has 1 aromatic heterocycles. The summed E-state index contributed by atoms with van der Waals surface area (Å²) in [6.45, 7) is 6.00. The molecule has 0 aromatic carbocycles. The predicted molar refractivity (Wildman–Crippen MR) is 68.2 cm³/mol. The summed E-state index contributed by atoms with van der Waals surface area (Å²) in [5.74, 6) is 2.62. The number of fused-ring (bicyclic) bond motifs is 3. The lowest BCUT2D eigenvalue weighted by Gasteiger charge is -2.44. The largest absolute Gasteiger partial charge is 0.303 e. The van der Waals surface area contributed by atoms with E-state index in [9.17, 15) is 0 Å². The molecule has 1 atom stereocenters. The summed E-state index contributed by atoms with van der Waals surface area (Å²) in [4.78, 5) is 2.59. The molecule has 3 saturated heterocycles. The Morgan fingerprint density at radius 2 is 2.19 bits per heavy atom. The van der Waals surface area contributed by atoms with Gasteiger partial charge in [-0.3, -0.25) is 0 Å². The first-order chi connectivity index (χ1) is 7.88. The molecule has 88 valence electrons. The van der Waals surface area contributed by atoms with Crippen molar-refractivity contribution < 1.29 is 0 Å². The second kappa shape index (κ2) is 4.63. The van der Waals surface area contributed by atoms with Crippen LogP contribution < -0.4 is 0 Å². The fraction of sp³-hybridized carbons (Fsp3) is 0.818. The van der Waals surface area contributed by atoms with Crippen LogP contribution in [0.3, 0.4) is 0 Å². The smallest absolute Gasteiger partial charge is 0.134 e. The molecule has 16 heavy (non-hydrogen) atoms. The zero-order valence-electron chi connectivity index (χ0n) is 9.56. The molecule has 0 radical (unpaired) electrons. The summed E-state index contributed by atoms with van der Waals surface area (Å²) < 4.78 is 9.00. The Hall–Kier alpha value is -0.130. The molecule has 1 unspecified atom stereocenters. The zero-order valence-corrected chi connectivity index (χ0v) is 11.2. The van der Waals surface area contributed by atoms with Crippen LogP contribution in [-0.2, 0) is 0 Å². The Bertz CT molecular complexity index is 358. The molecule has 3 aliphatic rings. The minimum Gasteiger partial charge on any atom is -0.303 e. The first-order valence-electron chi connectivity index (χ1n) is 6.06. The summed E-state index contributed by atoms with van der Waals surface area (Å²) in [6.07, 6.45) is 2.72. The van der Waals surface area contributed by atoms with Gasteiger partial charge in [-0.25, -0.2) is 0 Å². The molecule has 0 aliphatic carbocycles. The van der Waals surface area contributed by atoms with E-state index in [1.165, 1.54) is 54.9 Å². The van der Waals surface area contributed by atoms with E-state index in [0.29, 0.717) is 5.92 Å². The van der Waals surface area contributed by atoms with Crippen LogP contribution in [0.4, 0.5) is 0 Å². The van der Waals surface area contributed by atoms with E-state index in [1.807, 2.05) is 11.8 Å². The number of hydrogen-bond donors (Lipinski definition) is 0. The van der Waals surface area contributed by atoms with Crippen LogP contribution in [0.5, 0.6) is 0 Å². The lowest BCUT2D eigenvalue weighted by atomic mass is 9.78.